The summed E-state index contributed by atoms with van der Waals surface area (Å²) in [5, 5.41) is 13.8. The van der Waals surface area contributed by atoms with Gasteiger partial charge in [0.25, 0.3) is 5.91 Å². The number of nitro groups is 1. The van der Waals surface area contributed by atoms with Crippen molar-refractivity contribution in [1.29, 1.82) is 0 Å². The van der Waals surface area contributed by atoms with Gasteiger partial charge in [0.15, 0.2) is 5.75 Å². The number of amides is 1. The third-order valence-electron chi connectivity index (χ3n) is 4.93. The highest BCUT2D eigenvalue weighted by molar-refractivity contribution is 7.89. The number of methoxy groups -OCH3 is 1. The molecule has 0 aliphatic carbocycles. The Hall–Kier alpha value is -2.98. The van der Waals surface area contributed by atoms with Gasteiger partial charge in [-0.3, -0.25) is 14.9 Å². The largest absolute Gasteiger partial charge is 0.490 e. The van der Waals surface area contributed by atoms with Crippen molar-refractivity contribution in [2.75, 3.05) is 25.5 Å². The quantitative estimate of drug-likeness (QED) is 0.551. The molecule has 1 saturated heterocycles. The van der Waals surface area contributed by atoms with Gasteiger partial charge in [-0.25, -0.2) is 8.42 Å². The van der Waals surface area contributed by atoms with Crippen LogP contribution in [0, 0.1) is 10.1 Å². The van der Waals surface area contributed by atoms with Crippen molar-refractivity contribution in [1.82, 2.24) is 4.31 Å². The van der Waals surface area contributed by atoms with Gasteiger partial charge in [0.05, 0.1) is 16.9 Å². The average molecular weight is 433 g/mol. The maximum atomic E-state index is 13.0. The van der Waals surface area contributed by atoms with Gasteiger partial charge in [-0.15, -0.1) is 0 Å². The van der Waals surface area contributed by atoms with Gasteiger partial charge in [-0.1, -0.05) is 18.9 Å². The predicted molar refractivity (Wildman–Crippen MR) is 111 cm³/mol. The number of nitro benzene ring substituents is 1. The van der Waals surface area contributed by atoms with E-state index in [0.29, 0.717) is 13.1 Å². The molecule has 10 heteroatoms. The van der Waals surface area contributed by atoms with Gasteiger partial charge in [0.1, 0.15) is 0 Å². The van der Waals surface area contributed by atoms with E-state index in [9.17, 15) is 23.3 Å². The zero-order chi connectivity index (χ0) is 21.7. The minimum atomic E-state index is -3.66. The van der Waals surface area contributed by atoms with E-state index >= 15 is 0 Å². The summed E-state index contributed by atoms with van der Waals surface area (Å²) in [5.41, 5.74) is 0.0142. The van der Waals surface area contributed by atoms with Crippen LogP contribution in [0.3, 0.4) is 0 Å². The van der Waals surface area contributed by atoms with Gasteiger partial charge < -0.3 is 10.1 Å². The second kappa shape index (κ2) is 9.23. The summed E-state index contributed by atoms with van der Waals surface area (Å²) in [4.78, 5) is 23.2. The van der Waals surface area contributed by atoms with Gasteiger partial charge >= 0.3 is 5.69 Å². The lowest BCUT2D eigenvalue weighted by Crippen LogP contribution is -2.32. The first-order chi connectivity index (χ1) is 14.3. The Morgan fingerprint density at radius 1 is 1.10 bits per heavy atom. The SMILES string of the molecule is COc1ccc(C(=O)Nc2cccc(S(=O)(=O)N3CCCCCC3)c2)cc1[N+](=O)[O-]. The van der Waals surface area contributed by atoms with Crippen LogP contribution < -0.4 is 10.1 Å². The highest BCUT2D eigenvalue weighted by Gasteiger charge is 2.25. The third kappa shape index (κ3) is 4.77. The first kappa shape index (κ1) is 21.7. The maximum absolute atomic E-state index is 13.0. The van der Waals surface area contributed by atoms with Crippen molar-refractivity contribution >= 4 is 27.3 Å². The van der Waals surface area contributed by atoms with Crippen LogP contribution in [0.15, 0.2) is 47.4 Å². The summed E-state index contributed by atoms with van der Waals surface area (Å²) in [6.07, 6.45) is 3.67. The summed E-state index contributed by atoms with van der Waals surface area (Å²) in [6, 6.07) is 9.87. The van der Waals surface area contributed by atoms with Crippen LogP contribution in [0.25, 0.3) is 0 Å². The fourth-order valence-corrected chi connectivity index (χ4v) is 4.91. The third-order valence-corrected chi connectivity index (χ3v) is 6.83. The van der Waals surface area contributed by atoms with E-state index in [-0.39, 0.29) is 27.6 Å². The number of rotatable bonds is 6. The second-order valence-electron chi connectivity index (χ2n) is 6.94. The van der Waals surface area contributed by atoms with Gasteiger partial charge in [0, 0.05) is 30.4 Å². The Kier molecular flexibility index (Phi) is 6.68. The normalized spacial score (nSPS) is 15.2. The van der Waals surface area contributed by atoms with E-state index in [1.54, 1.807) is 12.1 Å². The molecule has 2 aromatic carbocycles. The van der Waals surface area contributed by atoms with E-state index in [2.05, 4.69) is 5.32 Å². The molecule has 160 valence electrons. The molecule has 0 saturated carbocycles. The predicted octanol–water partition coefficient (Wildman–Crippen LogP) is 3.42. The molecule has 1 aliphatic rings. The molecule has 1 N–H and O–H groups in total. The molecule has 1 fully saturated rings. The van der Waals surface area contributed by atoms with E-state index in [1.807, 2.05) is 0 Å². The Bertz CT molecular complexity index is 1050. The van der Waals surface area contributed by atoms with Crippen LogP contribution in [0.5, 0.6) is 5.75 Å². The molecular weight excluding hydrogens is 410 g/mol. The van der Waals surface area contributed by atoms with Crippen molar-refractivity contribution in [2.45, 2.75) is 30.6 Å². The fraction of sp³-hybridized carbons (Fsp3) is 0.350. The zero-order valence-corrected chi connectivity index (χ0v) is 17.4. The van der Waals surface area contributed by atoms with E-state index in [4.69, 9.17) is 4.74 Å². The summed E-state index contributed by atoms with van der Waals surface area (Å²) in [5.74, 6) is -0.549. The molecule has 1 aliphatic heterocycles. The van der Waals surface area contributed by atoms with Crippen molar-refractivity contribution in [2.24, 2.45) is 0 Å². The Morgan fingerprint density at radius 3 is 2.43 bits per heavy atom. The molecule has 1 amide bonds. The average Bonchev–Trinajstić information content (AvgIpc) is 3.03. The number of hydrogen-bond donors (Lipinski definition) is 1. The number of hydrogen-bond acceptors (Lipinski definition) is 6. The van der Waals surface area contributed by atoms with Crippen molar-refractivity contribution in [3.63, 3.8) is 0 Å². The molecule has 0 bridgehead atoms. The lowest BCUT2D eigenvalue weighted by atomic mass is 10.1. The minimum Gasteiger partial charge on any atom is -0.490 e. The molecule has 30 heavy (non-hydrogen) atoms. The molecule has 3 rings (SSSR count). The van der Waals surface area contributed by atoms with Gasteiger partial charge in [-0.2, -0.15) is 4.31 Å². The van der Waals surface area contributed by atoms with Crippen molar-refractivity contribution in [3.8, 4) is 5.75 Å². The second-order valence-corrected chi connectivity index (χ2v) is 8.88. The molecule has 0 aromatic heterocycles. The lowest BCUT2D eigenvalue weighted by Gasteiger charge is -2.20. The summed E-state index contributed by atoms with van der Waals surface area (Å²) >= 11 is 0. The van der Waals surface area contributed by atoms with Crippen molar-refractivity contribution in [3.05, 3.63) is 58.1 Å². The van der Waals surface area contributed by atoms with Crippen molar-refractivity contribution < 1.29 is 22.9 Å². The van der Waals surface area contributed by atoms with E-state index in [0.717, 1.165) is 31.7 Å². The van der Waals surface area contributed by atoms with Crippen LogP contribution in [0.4, 0.5) is 11.4 Å². The first-order valence-electron chi connectivity index (χ1n) is 9.57. The molecule has 9 nitrogen and oxygen atoms in total. The number of nitrogens with one attached hydrogen (secondary N) is 1. The Balaban J connectivity index is 1.82. The zero-order valence-electron chi connectivity index (χ0n) is 16.5. The van der Waals surface area contributed by atoms with Crippen LogP contribution in [-0.4, -0.2) is 43.8 Å². The fourth-order valence-electron chi connectivity index (χ4n) is 3.34. The summed E-state index contributed by atoms with van der Waals surface area (Å²) in [6.45, 7) is 0.961. The molecule has 0 unspecified atom stereocenters. The monoisotopic (exact) mass is 433 g/mol. The van der Waals surface area contributed by atoms with Crippen LogP contribution >= 0.6 is 0 Å². The maximum Gasteiger partial charge on any atom is 0.311 e. The molecule has 0 spiro atoms. The molecule has 0 radical (unpaired) electrons. The van der Waals surface area contributed by atoms with Crippen LogP contribution in [-0.2, 0) is 10.0 Å². The molecule has 0 atom stereocenters. The smallest absolute Gasteiger partial charge is 0.311 e. The highest BCUT2D eigenvalue weighted by Crippen LogP contribution is 2.28. The number of carbonyl (C=O) groups excluding carboxylic acids is 1. The number of benzene rings is 2. The minimum absolute atomic E-state index is 0.0436. The molecule has 1 heterocycles. The van der Waals surface area contributed by atoms with E-state index < -0.39 is 20.9 Å². The summed E-state index contributed by atoms with van der Waals surface area (Å²) < 4.78 is 32.3. The number of carbonyl (C=O) groups is 1. The topological polar surface area (TPSA) is 119 Å². The highest BCUT2D eigenvalue weighted by atomic mass is 32.2. The van der Waals surface area contributed by atoms with Gasteiger partial charge in [-0.05, 0) is 43.2 Å². The number of sulfonamides is 1. The van der Waals surface area contributed by atoms with Gasteiger partial charge in [0.2, 0.25) is 10.0 Å². The number of nitrogens with zero attached hydrogens (tertiary/aromatic N) is 2. The van der Waals surface area contributed by atoms with Crippen LogP contribution in [0.1, 0.15) is 36.0 Å². The number of anilines is 1. The first-order valence-corrected chi connectivity index (χ1v) is 11.0. The van der Waals surface area contributed by atoms with Crippen LogP contribution in [0.2, 0.25) is 0 Å². The lowest BCUT2D eigenvalue weighted by molar-refractivity contribution is -0.385. The molecule has 2 aromatic rings. The summed E-state index contributed by atoms with van der Waals surface area (Å²) in [7, 11) is -2.36. The van der Waals surface area contributed by atoms with E-state index in [1.165, 1.54) is 35.7 Å². The number of ether oxygens (including phenoxy) is 1. The standard InChI is InChI=1S/C20H23N3O6S/c1-29-19-10-9-15(13-18(19)23(25)26)20(24)21-16-7-6-8-17(14-16)30(27,28)22-11-4-2-3-5-12-22/h6-10,13-14H,2-5,11-12H2,1H3,(H,21,24). The Morgan fingerprint density at radius 2 is 1.80 bits per heavy atom. The molecular formula is C20H23N3O6S. The Labute approximate surface area is 174 Å².